The Labute approximate surface area is 210 Å². The highest BCUT2D eigenvalue weighted by Gasteiger charge is 2.27. The van der Waals surface area contributed by atoms with Crippen LogP contribution in [0.15, 0.2) is 126 Å². The maximum Gasteiger partial charge on any atom is 0.120 e. The average molecular weight is 475 g/mol. The van der Waals surface area contributed by atoms with E-state index in [0.29, 0.717) is 12.5 Å². The van der Waals surface area contributed by atoms with Crippen molar-refractivity contribution in [3.8, 4) is 5.75 Å². The number of benzene rings is 4. The molecular formula is C33H31OP. The van der Waals surface area contributed by atoms with Crippen molar-refractivity contribution in [3.63, 3.8) is 0 Å². The molecule has 1 aliphatic rings. The van der Waals surface area contributed by atoms with Crippen molar-refractivity contribution in [1.29, 1.82) is 0 Å². The van der Waals surface area contributed by atoms with Gasteiger partial charge in [-0.25, -0.2) is 0 Å². The van der Waals surface area contributed by atoms with Gasteiger partial charge in [0.05, 0.1) is 0 Å². The van der Waals surface area contributed by atoms with Gasteiger partial charge in [0.1, 0.15) is 12.4 Å². The molecular weight excluding hydrogens is 443 g/mol. The van der Waals surface area contributed by atoms with E-state index >= 15 is 0 Å². The molecule has 35 heavy (non-hydrogen) atoms. The van der Waals surface area contributed by atoms with E-state index in [-0.39, 0.29) is 0 Å². The van der Waals surface area contributed by atoms with Crippen molar-refractivity contribution in [1.82, 2.24) is 0 Å². The Morgan fingerprint density at radius 1 is 0.714 bits per heavy atom. The van der Waals surface area contributed by atoms with Gasteiger partial charge in [-0.15, -0.1) is 0 Å². The molecule has 0 saturated carbocycles. The summed E-state index contributed by atoms with van der Waals surface area (Å²) in [4.78, 5) is 0. The Morgan fingerprint density at radius 2 is 1.29 bits per heavy atom. The molecule has 0 spiro atoms. The molecule has 1 aliphatic carbocycles. The van der Waals surface area contributed by atoms with Crippen molar-refractivity contribution >= 4 is 29.4 Å². The van der Waals surface area contributed by atoms with Crippen molar-refractivity contribution < 1.29 is 4.74 Å². The van der Waals surface area contributed by atoms with Crippen LogP contribution >= 0.6 is 7.92 Å². The Balaban J connectivity index is 1.65. The molecule has 0 amide bonds. The number of hydrogen-bond donors (Lipinski definition) is 0. The van der Waals surface area contributed by atoms with Crippen molar-refractivity contribution in [2.45, 2.75) is 27.4 Å². The van der Waals surface area contributed by atoms with Gasteiger partial charge in [-0.1, -0.05) is 116 Å². The minimum Gasteiger partial charge on any atom is -0.489 e. The SMILES string of the molecule is CC1=CC(C)C(c2ccc(OCc3ccccc3)cc2P(c2ccccc2)c2ccccc2)=C1C. The fourth-order valence-electron chi connectivity index (χ4n) is 4.92. The van der Waals surface area contributed by atoms with Crippen LogP contribution in [0, 0.1) is 5.92 Å². The zero-order chi connectivity index (χ0) is 24.2. The van der Waals surface area contributed by atoms with Crippen LogP contribution in [0.5, 0.6) is 5.75 Å². The second kappa shape index (κ2) is 10.5. The molecule has 2 heteroatoms. The van der Waals surface area contributed by atoms with E-state index in [2.05, 4.69) is 130 Å². The van der Waals surface area contributed by atoms with Gasteiger partial charge in [0, 0.05) is 5.92 Å². The van der Waals surface area contributed by atoms with E-state index in [4.69, 9.17) is 4.74 Å². The second-order valence-electron chi connectivity index (χ2n) is 9.14. The van der Waals surface area contributed by atoms with Crippen molar-refractivity contribution in [3.05, 3.63) is 138 Å². The van der Waals surface area contributed by atoms with E-state index in [0.717, 1.165) is 5.75 Å². The molecule has 4 aromatic rings. The Bertz CT molecular complexity index is 1310. The third-order valence-corrected chi connectivity index (χ3v) is 9.21. The molecule has 0 aliphatic heterocycles. The third-order valence-electron chi connectivity index (χ3n) is 6.73. The van der Waals surface area contributed by atoms with E-state index in [1.807, 2.05) is 6.07 Å². The van der Waals surface area contributed by atoms with Gasteiger partial charge < -0.3 is 4.74 Å². The van der Waals surface area contributed by atoms with Gasteiger partial charge in [0.15, 0.2) is 0 Å². The molecule has 1 atom stereocenters. The molecule has 0 saturated heterocycles. The van der Waals surface area contributed by atoms with Crippen molar-refractivity contribution in [2.24, 2.45) is 5.92 Å². The molecule has 0 fully saturated rings. The van der Waals surface area contributed by atoms with Gasteiger partial charge in [0.2, 0.25) is 0 Å². The fourth-order valence-corrected chi connectivity index (χ4v) is 7.41. The van der Waals surface area contributed by atoms with Crippen LogP contribution in [-0.2, 0) is 6.61 Å². The molecule has 1 nitrogen and oxygen atoms in total. The third kappa shape index (κ3) is 5.02. The largest absolute Gasteiger partial charge is 0.489 e. The smallest absolute Gasteiger partial charge is 0.120 e. The minimum absolute atomic E-state index is 0.397. The first kappa shape index (κ1) is 23.3. The normalized spacial score (nSPS) is 15.4. The lowest BCUT2D eigenvalue weighted by Crippen LogP contribution is -2.24. The lowest BCUT2D eigenvalue weighted by molar-refractivity contribution is 0.306. The standard InChI is InChI=1S/C33H31OP/c1-24-21-25(2)33(26(24)3)31-20-19-28(34-23-27-13-7-4-8-14-27)22-32(31)35(29-15-9-5-10-16-29)30-17-11-6-12-18-30/h4-22,25H,23H2,1-3H3. The van der Waals surface area contributed by atoms with Crippen LogP contribution in [0.1, 0.15) is 31.9 Å². The van der Waals surface area contributed by atoms with Gasteiger partial charge in [-0.05, 0) is 72.1 Å². The zero-order valence-corrected chi connectivity index (χ0v) is 21.5. The summed E-state index contributed by atoms with van der Waals surface area (Å²) in [5.41, 5.74) is 6.73. The predicted molar refractivity (Wildman–Crippen MR) is 151 cm³/mol. The van der Waals surface area contributed by atoms with Crippen molar-refractivity contribution in [2.75, 3.05) is 0 Å². The van der Waals surface area contributed by atoms with Gasteiger partial charge in [-0.2, -0.15) is 0 Å². The highest BCUT2D eigenvalue weighted by molar-refractivity contribution is 7.80. The zero-order valence-electron chi connectivity index (χ0n) is 20.6. The molecule has 0 heterocycles. The summed E-state index contributed by atoms with van der Waals surface area (Å²) in [6.45, 7) is 7.37. The highest BCUT2D eigenvalue weighted by atomic mass is 31.1. The lowest BCUT2D eigenvalue weighted by Gasteiger charge is -2.25. The Morgan fingerprint density at radius 3 is 1.83 bits per heavy atom. The molecule has 5 rings (SSSR count). The quantitative estimate of drug-likeness (QED) is 0.254. The Hall–Kier alpha value is -3.41. The first-order chi connectivity index (χ1) is 17.1. The highest BCUT2D eigenvalue weighted by Crippen LogP contribution is 2.43. The summed E-state index contributed by atoms with van der Waals surface area (Å²) >= 11 is 0. The fraction of sp³-hybridized carbons (Fsp3) is 0.152. The first-order valence-electron chi connectivity index (χ1n) is 12.2. The summed E-state index contributed by atoms with van der Waals surface area (Å²) in [5, 5.41) is 4.06. The van der Waals surface area contributed by atoms with E-state index in [1.54, 1.807) is 0 Å². The summed E-state index contributed by atoms with van der Waals surface area (Å²) in [6, 6.07) is 39.0. The predicted octanol–water partition coefficient (Wildman–Crippen LogP) is 7.39. The maximum absolute atomic E-state index is 6.33. The van der Waals surface area contributed by atoms with Crippen LogP contribution in [0.25, 0.3) is 5.57 Å². The van der Waals surface area contributed by atoms with Crippen LogP contribution in [-0.4, -0.2) is 0 Å². The van der Waals surface area contributed by atoms with E-state index < -0.39 is 7.92 Å². The van der Waals surface area contributed by atoms with Crippen LogP contribution in [0.4, 0.5) is 0 Å². The van der Waals surface area contributed by atoms with Gasteiger partial charge in [-0.3, -0.25) is 0 Å². The molecule has 4 aromatic carbocycles. The summed E-state index contributed by atoms with van der Waals surface area (Å²) in [7, 11) is -0.754. The summed E-state index contributed by atoms with van der Waals surface area (Å²) in [6.07, 6.45) is 2.39. The molecule has 0 bridgehead atoms. The second-order valence-corrected chi connectivity index (χ2v) is 11.3. The number of ether oxygens (including phenoxy) is 1. The monoisotopic (exact) mass is 474 g/mol. The van der Waals surface area contributed by atoms with E-state index in [1.165, 1.54) is 43.8 Å². The molecule has 0 aromatic heterocycles. The number of allylic oxidation sites excluding steroid dienone is 4. The average Bonchev–Trinajstić information content (AvgIpc) is 3.16. The van der Waals surface area contributed by atoms with Crippen LogP contribution < -0.4 is 20.7 Å². The molecule has 0 radical (unpaired) electrons. The first-order valence-corrected chi connectivity index (χ1v) is 13.6. The number of hydrogen-bond acceptors (Lipinski definition) is 1. The van der Waals surface area contributed by atoms with E-state index in [9.17, 15) is 0 Å². The molecule has 174 valence electrons. The topological polar surface area (TPSA) is 9.23 Å². The van der Waals surface area contributed by atoms with Crippen LogP contribution in [0.3, 0.4) is 0 Å². The van der Waals surface area contributed by atoms with Gasteiger partial charge in [0.25, 0.3) is 0 Å². The summed E-state index contributed by atoms with van der Waals surface area (Å²) < 4.78 is 6.33. The number of rotatable bonds is 7. The molecule has 0 N–H and O–H groups in total. The molecule has 1 unspecified atom stereocenters. The minimum atomic E-state index is -0.754. The van der Waals surface area contributed by atoms with Gasteiger partial charge >= 0.3 is 0 Å². The lowest BCUT2D eigenvalue weighted by atomic mass is 9.94. The Kier molecular flexibility index (Phi) is 6.98. The maximum atomic E-state index is 6.33. The van der Waals surface area contributed by atoms with Crippen LogP contribution in [0.2, 0.25) is 0 Å². The summed E-state index contributed by atoms with van der Waals surface area (Å²) in [5.74, 6) is 1.31.